The van der Waals surface area contributed by atoms with Gasteiger partial charge in [0.15, 0.2) is 0 Å². The Morgan fingerprint density at radius 3 is 1.98 bits per heavy atom. The van der Waals surface area contributed by atoms with Gasteiger partial charge in [0.2, 0.25) is 15.9 Å². The Hall–Kier alpha value is -3.84. The number of anilines is 1. The molecule has 0 spiro atoms. The molecule has 0 radical (unpaired) electrons. The minimum Gasteiger partial charge on any atom is -0.452 e. The summed E-state index contributed by atoms with van der Waals surface area (Å²) in [6.07, 6.45) is 0.480. The van der Waals surface area contributed by atoms with E-state index in [1.54, 1.807) is 6.92 Å². The van der Waals surface area contributed by atoms with Crippen LogP contribution in [-0.4, -0.2) is 73.1 Å². The van der Waals surface area contributed by atoms with Crippen molar-refractivity contribution in [3.8, 4) is 0 Å². The maximum atomic E-state index is 14.3. The zero-order valence-corrected chi connectivity index (χ0v) is 28.3. The fraction of sp³-hybridized carbons (Fsp3) is 0.429. The average molecular weight is 671 g/mol. The van der Waals surface area contributed by atoms with Gasteiger partial charge in [-0.1, -0.05) is 74.5 Å². The van der Waals surface area contributed by atoms with Crippen LogP contribution in [-0.2, 0) is 19.6 Å². The Labute approximate surface area is 277 Å². The van der Waals surface area contributed by atoms with E-state index >= 15 is 0 Å². The first-order chi connectivity index (χ1) is 22.3. The minimum absolute atomic E-state index is 0.106. The number of rotatable bonds is 16. The largest absolute Gasteiger partial charge is 0.452 e. The number of methoxy groups -OCH3 is 1. The number of benzene rings is 3. The van der Waals surface area contributed by atoms with Crippen LogP contribution in [0.15, 0.2) is 83.8 Å². The molecular weight excluding hydrogens is 623 g/mol. The van der Waals surface area contributed by atoms with Crippen molar-refractivity contribution in [2.24, 2.45) is 11.7 Å². The van der Waals surface area contributed by atoms with E-state index < -0.39 is 58.5 Å². The normalized spacial score (nSPS) is 13.8. The van der Waals surface area contributed by atoms with Gasteiger partial charge in [-0.15, -0.1) is 0 Å². The van der Waals surface area contributed by atoms with E-state index in [0.717, 1.165) is 22.1 Å². The molecule has 0 bridgehead atoms. The molecule has 256 valence electrons. The smallest absolute Gasteiger partial charge is 0.416 e. The van der Waals surface area contributed by atoms with Crippen LogP contribution in [0.2, 0.25) is 0 Å². The van der Waals surface area contributed by atoms with Crippen LogP contribution in [0.4, 0.5) is 14.9 Å². The van der Waals surface area contributed by atoms with Gasteiger partial charge < -0.3 is 21.3 Å². The molecule has 0 unspecified atom stereocenters. The fourth-order valence-corrected chi connectivity index (χ4v) is 7.28. The quantitative estimate of drug-likeness (QED) is 0.177. The Morgan fingerprint density at radius 1 is 0.915 bits per heavy atom. The highest BCUT2D eigenvalue weighted by Crippen LogP contribution is 2.30. The van der Waals surface area contributed by atoms with E-state index in [2.05, 4.69) is 0 Å². The van der Waals surface area contributed by atoms with Crippen LogP contribution in [0, 0.1) is 11.7 Å². The highest BCUT2D eigenvalue weighted by molar-refractivity contribution is 7.89. The summed E-state index contributed by atoms with van der Waals surface area (Å²) in [4.78, 5) is 27.7. The summed E-state index contributed by atoms with van der Waals surface area (Å²) in [7, 11) is -3.01. The first kappa shape index (κ1) is 37.6. The molecule has 12 heteroatoms. The van der Waals surface area contributed by atoms with Crippen molar-refractivity contribution in [3.05, 3.63) is 95.8 Å². The predicted molar refractivity (Wildman–Crippen MR) is 180 cm³/mol. The lowest BCUT2D eigenvalue weighted by Crippen LogP contribution is -2.53. The third kappa shape index (κ3) is 9.60. The van der Waals surface area contributed by atoms with Crippen LogP contribution in [0.3, 0.4) is 0 Å². The van der Waals surface area contributed by atoms with Gasteiger partial charge >= 0.3 is 6.09 Å². The number of amides is 2. The maximum Gasteiger partial charge on any atom is 0.416 e. The van der Waals surface area contributed by atoms with Crippen LogP contribution >= 0.6 is 0 Å². The molecule has 0 saturated heterocycles. The number of ether oxygens (including phenoxy) is 1. The van der Waals surface area contributed by atoms with Gasteiger partial charge in [-0.2, -0.15) is 4.31 Å². The number of nitrogens with zero attached hydrogens (tertiary/aromatic N) is 2. The van der Waals surface area contributed by atoms with E-state index in [-0.39, 0.29) is 35.9 Å². The monoisotopic (exact) mass is 670 g/mol. The van der Waals surface area contributed by atoms with Crippen molar-refractivity contribution in [1.82, 2.24) is 9.21 Å². The number of aliphatic hydroxyl groups is 1. The highest BCUT2D eigenvalue weighted by atomic mass is 32.2. The van der Waals surface area contributed by atoms with E-state index in [0.29, 0.717) is 12.8 Å². The number of imide groups is 1. The summed E-state index contributed by atoms with van der Waals surface area (Å²) in [6, 6.07) is 19.4. The number of hydrogen-bond acceptors (Lipinski definition) is 8. The number of nitrogens with two attached hydrogens (primary N) is 2. The van der Waals surface area contributed by atoms with Gasteiger partial charge in [-0.3, -0.25) is 4.79 Å². The molecule has 0 aliphatic rings. The molecule has 47 heavy (non-hydrogen) atoms. The number of sulfonamides is 1. The summed E-state index contributed by atoms with van der Waals surface area (Å²) in [5.74, 6) is -1.85. The van der Waals surface area contributed by atoms with Crippen LogP contribution < -0.4 is 11.5 Å². The van der Waals surface area contributed by atoms with E-state index in [4.69, 9.17) is 16.2 Å². The van der Waals surface area contributed by atoms with Crippen molar-refractivity contribution >= 4 is 27.7 Å². The standard InChI is InChI=1S/C35H47FN4O6S/c1-24(2)20-21-39(47(44,45)29-18-19-31(37)30(36)22-29)28(23-41)17-11-12-25(3)40(35(43)46-4)34(42)33(38)32(26-13-7-5-8-14-26)27-15-9-6-10-16-27/h5-10,13-16,18-19,22,24-25,28,32-33,41H,11-12,17,20-21,23,37-38H2,1-4H3/t25-,28-,33-/m0/s1. The Kier molecular flexibility index (Phi) is 13.9. The molecule has 0 aliphatic carbocycles. The summed E-state index contributed by atoms with van der Waals surface area (Å²) in [6.45, 7) is 5.22. The van der Waals surface area contributed by atoms with Crippen molar-refractivity contribution in [1.29, 1.82) is 0 Å². The van der Waals surface area contributed by atoms with E-state index in [9.17, 15) is 27.5 Å². The van der Waals surface area contributed by atoms with Crippen molar-refractivity contribution in [2.75, 3.05) is 26.0 Å². The molecule has 0 heterocycles. The third-order valence-electron chi connectivity index (χ3n) is 8.29. The second-order valence-electron chi connectivity index (χ2n) is 12.1. The summed E-state index contributed by atoms with van der Waals surface area (Å²) in [5.41, 5.74) is 13.7. The summed E-state index contributed by atoms with van der Waals surface area (Å²) in [5, 5.41) is 10.4. The number of carbonyl (C=O) groups is 2. The molecule has 3 atom stereocenters. The van der Waals surface area contributed by atoms with Gasteiger partial charge in [-0.25, -0.2) is 22.5 Å². The lowest BCUT2D eigenvalue weighted by Gasteiger charge is -2.33. The Bertz CT molecular complexity index is 1520. The third-order valence-corrected chi connectivity index (χ3v) is 10.2. The first-order valence-corrected chi connectivity index (χ1v) is 17.2. The number of halogens is 1. The lowest BCUT2D eigenvalue weighted by atomic mass is 9.84. The Morgan fingerprint density at radius 2 is 1.49 bits per heavy atom. The molecule has 0 saturated carbocycles. The zero-order chi connectivity index (χ0) is 34.7. The molecule has 0 fully saturated rings. The SMILES string of the molecule is COC(=O)N(C(=O)[C@@H](N)C(c1ccccc1)c1ccccc1)[C@@H](C)CCC[C@@H](CO)N(CCC(C)C)S(=O)(=O)c1ccc(N)c(F)c1. The van der Waals surface area contributed by atoms with Crippen LogP contribution in [0.5, 0.6) is 0 Å². The maximum absolute atomic E-state index is 14.3. The molecule has 0 aromatic heterocycles. The average Bonchev–Trinajstić information content (AvgIpc) is 3.05. The summed E-state index contributed by atoms with van der Waals surface area (Å²) >= 11 is 0. The highest BCUT2D eigenvalue weighted by Gasteiger charge is 2.37. The van der Waals surface area contributed by atoms with Gasteiger partial charge in [-0.05, 0) is 67.9 Å². The lowest BCUT2D eigenvalue weighted by molar-refractivity contribution is -0.132. The van der Waals surface area contributed by atoms with Gasteiger partial charge in [0, 0.05) is 24.5 Å². The summed E-state index contributed by atoms with van der Waals surface area (Å²) < 4.78 is 47.8. The van der Waals surface area contributed by atoms with E-state index in [1.807, 2.05) is 74.5 Å². The number of hydrogen-bond donors (Lipinski definition) is 3. The van der Waals surface area contributed by atoms with Crippen molar-refractivity contribution < 1.29 is 32.2 Å². The second kappa shape index (κ2) is 17.4. The Balaban J connectivity index is 1.82. The molecule has 3 rings (SSSR count). The van der Waals surface area contributed by atoms with Gasteiger partial charge in [0.1, 0.15) is 5.82 Å². The minimum atomic E-state index is -4.20. The molecule has 2 amide bonds. The zero-order valence-electron chi connectivity index (χ0n) is 27.5. The second-order valence-corrected chi connectivity index (χ2v) is 14.0. The molecule has 3 aromatic rings. The molecule has 5 N–H and O–H groups in total. The van der Waals surface area contributed by atoms with Crippen molar-refractivity contribution in [2.45, 2.75) is 75.4 Å². The van der Waals surface area contributed by atoms with Crippen LogP contribution in [0.25, 0.3) is 0 Å². The molecule has 0 aliphatic heterocycles. The van der Waals surface area contributed by atoms with Gasteiger partial charge in [0.25, 0.3) is 0 Å². The van der Waals surface area contributed by atoms with Gasteiger partial charge in [0.05, 0.1) is 30.3 Å². The topological polar surface area (TPSA) is 156 Å². The van der Waals surface area contributed by atoms with Crippen molar-refractivity contribution in [3.63, 3.8) is 0 Å². The predicted octanol–water partition coefficient (Wildman–Crippen LogP) is 5.12. The number of aliphatic hydroxyl groups excluding tert-OH is 1. The van der Waals surface area contributed by atoms with Crippen LogP contribution in [0.1, 0.15) is 63.5 Å². The molecular formula is C35H47FN4O6S. The fourth-order valence-electron chi connectivity index (χ4n) is 5.61. The number of nitrogen functional groups attached to an aromatic ring is 1. The van der Waals surface area contributed by atoms with E-state index in [1.165, 1.54) is 23.5 Å². The first-order valence-electron chi connectivity index (χ1n) is 15.8. The molecule has 10 nitrogen and oxygen atoms in total. The number of carbonyl (C=O) groups excluding carboxylic acids is 2. The molecule has 3 aromatic carbocycles.